The van der Waals surface area contributed by atoms with Gasteiger partial charge in [0.15, 0.2) is 5.96 Å². The molecule has 1 aromatic heterocycles. The van der Waals surface area contributed by atoms with Crippen molar-refractivity contribution < 1.29 is 17.9 Å². The van der Waals surface area contributed by atoms with E-state index in [9.17, 15) is 13.2 Å². The molecule has 0 spiro atoms. The van der Waals surface area contributed by atoms with Crippen molar-refractivity contribution in [2.45, 2.75) is 63.0 Å². The van der Waals surface area contributed by atoms with Crippen molar-refractivity contribution in [3.8, 4) is 0 Å². The Morgan fingerprint density at radius 1 is 1.22 bits per heavy atom. The van der Waals surface area contributed by atoms with E-state index in [1.807, 2.05) is 20.8 Å². The molecule has 1 aliphatic rings. The summed E-state index contributed by atoms with van der Waals surface area (Å²) in [7, 11) is -3.83. The normalized spacial score (nSPS) is 19.5. The van der Waals surface area contributed by atoms with Gasteiger partial charge in [0.05, 0.1) is 15.8 Å². The maximum atomic E-state index is 13.0. The highest BCUT2D eigenvalue weighted by Gasteiger charge is 2.32. The molecule has 1 heterocycles. The molecule has 0 amide bonds. The molecular formula is C21H28ClN5O4S. The Bertz CT molecular complexity index is 1140. The Hall–Kier alpha value is -2.43. The van der Waals surface area contributed by atoms with Crippen LogP contribution in [0.2, 0.25) is 5.02 Å². The first-order chi connectivity index (χ1) is 14.9. The predicted molar refractivity (Wildman–Crippen MR) is 124 cm³/mol. The number of nitrogens with two attached hydrogens (primary N) is 1. The summed E-state index contributed by atoms with van der Waals surface area (Å²) in [4.78, 5) is 16.4. The van der Waals surface area contributed by atoms with Crippen molar-refractivity contribution >= 4 is 50.1 Å². The number of carbonyl (C=O) groups excluding carboxylic acids is 1. The maximum Gasteiger partial charge on any atom is 0.309 e. The number of anilines is 1. The first-order valence-corrected chi connectivity index (χ1v) is 12.2. The van der Waals surface area contributed by atoms with Gasteiger partial charge in [-0.15, -0.1) is 0 Å². The van der Waals surface area contributed by atoms with Crippen molar-refractivity contribution in [1.29, 1.82) is 5.41 Å². The number of ether oxygens (including phenoxy) is 1. The van der Waals surface area contributed by atoms with E-state index in [2.05, 4.69) is 15.0 Å². The van der Waals surface area contributed by atoms with E-state index in [1.165, 1.54) is 18.3 Å². The van der Waals surface area contributed by atoms with E-state index in [-0.39, 0.29) is 34.6 Å². The summed E-state index contributed by atoms with van der Waals surface area (Å²) < 4.78 is 34.2. The molecule has 1 fully saturated rings. The molecule has 1 aliphatic carbocycles. The first kappa shape index (κ1) is 24.2. The van der Waals surface area contributed by atoms with Crippen LogP contribution < -0.4 is 15.8 Å². The van der Waals surface area contributed by atoms with Gasteiger partial charge in [-0.2, -0.15) is 0 Å². The molecule has 1 saturated carbocycles. The van der Waals surface area contributed by atoms with Crippen molar-refractivity contribution in [3.63, 3.8) is 0 Å². The van der Waals surface area contributed by atoms with Crippen molar-refractivity contribution in [3.05, 3.63) is 29.4 Å². The third-order valence-electron chi connectivity index (χ3n) is 5.16. The summed E-state index contributed by atoms with van der Waals surface area (Å²) >= 11 is 6.19. The second-order valence-electron chi connectivity index (χ2n) is 8.90. The van der Waals surface area contributed by atoms with E-state index < -0.39 is 15.6 Å². The third-order valence-corrected chi connectivity index (χ3v) is 6.98. The van der Waals surface area contributed by atoms with Crippen LogP contribution in [0.15, 0.2) is 29.3 Å². The Labute approximate surface area is 192 Å². The van der Waals surface area contributed by atoms with E-state index >= 15 is 0 Å². The number of hydrogen-bond acceptors (Lipinski definition) is 6. The lowest BCUT2D eigenvalue weighted by Gasteiger charge is -2.30. The van der Waals surface area contributed by atoms with Gasteiger partial charge >= 0.3 is 5.97 Å². The van der Waals surface area contributed by atoms with Crippen LogP contribution in [0, 0.1) is 11.3 Å². The zero-order valence-corrected chi connectivity index (χ0v) is 19.8. The molecule has 0 radical (unpaired) electrons. The smallest absolute Gasteiger partial charge is 0.309 e. The van der Waals surface area contributed by atoms with Crippen LogP contribution in [0.5, 0.6) is 0 Å². The molecule has 1 aromatic carbocycles. The minimum absolute atomic E-state index is 0.0509. The summed E-state index contributed by atoms with van der Waals surface area (Å²) in [6, 6.07) is 4.24. The largest absolute Gasteiger partial charge is 0.460 e. The van der Waals surface area contributed by atoms with Crippen LogP contribution in [-0.4, -0.2) is 37.0 Å². The summed E-state index contributed by atoms with van der Waals surface area (Å²) in [5, 5.41) is 11.4. The second-order valence-corrected chi connectivity index (χ2v) is 11.0. The molecule has 32 heavy (non-hydrogen) atoms. The topological polar surface area (TPSA) is 147 Å². The molecule has 0 atom stereocenters. The second kappa shape index (κ2) is 9.21. The van der Waals surface area contributed by atoms with Crippen LogP contribution in [0.25, 0.3) is 10.8 Å². The van der Waals surface area contributed by atoms with Gasteiger partial charge in [0.1, 0.15) is 11.4 Å². The van der Waals surface area contributed by atoms with Crippen LogP contribution in [0.3, 0.4) is 0 Å². The number of sulfonamides is 1. The number of halogens is 1. The fourth-order valence-corrected chi connectivity index (χ4v) is 5.25. The Morgan fingerprint density at radius 3 is 2.47 bits per heavy atom. The Kier molecular flexibility index (Phi) is 6.97. The third kappa shape index (κ3) is 5.87. The predicted octanol–water partition coefficient (Wildman–Crippen LogP) is 3.37. The van der Waals surface area contributed by atoms with E-state index in [4.69, 9.17) is 27.5 Å². The number of nitrogens with zero attached hydrogens (tertiary/aromatic N) is 1. The number of rotatable bonds is 5. The van der Waals surface area contributed by atoms with E-state index in [0.717, 1.165) is 0 Å². The van der Waals surface area contributed by atoms with Gasteiger partial charge in [-0.3, -0.25) is 10.2 Å². The van der Waals surface area contributed by atoms with Crippen molar-refractivity contribution in [2.75, 3.05) is 5.32 Å². The first-order valence-electron chi connectivity index (χ1n) is 10.3. The lowest BCUT2D eigenvalue weighted by Crippen LogP contribution is -2.39. The molecule has 0 aliphatic heterocycles. The number of hydrogen-bond donors (Lipinski definition) is 4. The molecule has 5 N–H and O–H groups in total. The Morgan fingerprint density at radius 2 is 1.88 bits per heavy atom. The van der Waals surface area contributed by atoms with Gasteiger partial charge in [-0.1, -0.05) is 17.7 Å². The highest BCUT2D eigenvalue weighted by Crippen LogP contribution is 2.31. The zero-order valence-electron chi connectivity index (χ0n) is 18.2. The average Bonchev–Trinajstić information content (AvgIpc) is 2.68. The van der Waals surface area contributed by atoms with Gasteiger partial charge in [0.2, 0.25) is 10.0 Å². The van der Waals surface area contributed by atoms with Gasteiger partial charge in [0, 0.05) is 23.0 Å². The highest BCUT2D eigenvalue weighted by atomic mass is 35.5. The monoisotopic (exact) mass is 481 g/mol. The summed E-state index contributed by atoms with van der Waals surface area (Å²) in [6.07, 6.45) is 3.62. The van der Waals surface area contributed by atoms with Gasteiger partial charge in [0.25, 0.3) is 0 Å². The van der Waals surface area contributed by atoms with Crippen LogP contribution in [0.4, 0.5) is 5.82 Å². The quantitative estimate of drug-likeness (QED) is 0.290. The molecule has 3 rings (SSSR count). The van der Waals surface area contributed by atoms with Gasteiger partial charge in [-0.25, -0.2) is 18.1 Å². The molecule has 0 bridgehead atoms. The zero-order chi connectivity index (χ0) is 23.7. The maximum absolute atomic E-state index is 13.0. The number of guanidine groups is 1. The molecule has 174 valence electrons. The SMILES string of the molecule is CC(C)(C)OC(=O)[C@H]1CC[C@H](NS(=O)(=O)c2ccc3c(Cl)cnc(NC(=N)N)c3c2)CC1. The molecule has 2 aromatic rings. The number of fused-ring (bicyclic) bond motifs is 1. The van der Waals surface area contributed by atoms with E-state index in [1.54, 1.807) is 6.07 Å². The summed E-state index contributed by atoms with van der Waals surface area (Å²) in [5.74, 6) is -0.534. The number of pyridine rings is 1. The summed E-state index contributed by atoms with van der Waals surface area (Å²) in [5.41, 5.74) is 4.86. The lowest BCUT2D eigenvalue weighted by atomic mass is 9.86. The van der Waals surface area contributed by atoms with E-state index in [0.29, 0.717) is 41.5 Å². The molecule has 11 heteroatoms. The average molecular weight is 482 g/mol. The van der Waals surface area contributed by atoms with Crippen LogP contribution in [0.1, 0.15) is 46.5 Å². The fraction of sp³-hybridized carbons (Fsp3) is 0.476. The minimum atomic E-state index is -3.83. The van der Waals surface area contributed by atoms with Crippen molar-refractivity contribution in [1.82, 2.24) is 9.71 Å². The molecular weight excluding hydrogens is 454 g/mol. The number of esters is 1. The van der Waals surface area contributed by atoms with Crippen molar-refractivity contribution in [2.24, 2.45) is 11.7 Å². The molecule has 0 saturated heterocycles. The van der Waals surface area contributed by atoms with Gasteiger partial charge < -0.3 is 15.8 Å². The number of carbonyl (C=O) groups is 1. The summed E-state index contributed by atoms with van der Waals surface area (Å²) in [6.45, 7) is 5.48. The number of benzene rings is 1. The molecule has 9 nitrogen and oxygen atoms in total. The van der Waals surface area contributed by atoms with Crippen LogP contribution in [-0.2, 0) is 19.6 Å². The Balaban J connectivity index is 1.75. The highest BCUT2D eigenvalue weighted by molar-refractivity contribution is 7.89. The molecule has 0 unspecified atom stereocenters. The minimum Gasteiger partial charge on any atom is -0.460 e. The number of nitrogens with one attached hydrogen (secondary N) is 3. The fourth-order valence-electron chi connectivity index (χ4n) is 3.70. The standard InChI is InChI=1S/C21H28ClN5O4S/c1-21(2,3)31-19(28)12-4-6-13(7-5-12)27-32(29,30)14-8-9-15-16(10-14)18(26-20(23)24)25-11-17(15)22/h8-13,27H,4-7H2,1-3H3,(H4,23,24,25,26)/t12-,13-. The number of aromatic nitrogens is 1. The van der Waals surface area contributed by atoms with Crippen LogP contribution >= 0.6 is 11.6 Å². The van der Waals surface area contributed by atoms with Gasteiger partial charge in [-0.05, 0) is 58.6 Å². The lowest BCUT2D eigenvalue weighted by molar-refractivity contribution is -0.161.